The van der Waals surface area contributed by atoms with Gasteiger partial charge < -0.3 is 20.1 Å². The zero-order chi connectivity index (χ0) is 16.7. The zero-order valence-electron chi connectivity index (χ0n) is 13.5. The Morgan fingerprint density at radius 3 is 2.70 bits per heavy atom. The Morgan fingerprint density at radius 1 is 1.26 bits per heavy atom. The van der Waals surface area contributed by atoms with E-state index >= 15 is 0 Å². The topological polar surface area (TPSA) is 78.9 Å². The standard InChI is InChI=1S/C17H24N2O4/c1-19-10-5-8-17(9-11-19,12-15(20)21)18-16(22)23-13-14-6-3-2-4-7-14/h2-4,6-7H,5,8-13H2,1H3,(H,18,22)(H,20,21). The molecule has 1 unspecified atom stereocenters. The summed E-state index contributed by atoms with van der Waals surface area (Å²) in [5.41, 5.74) is 0.167. The third kappa shape index (κ3) is 5.56. The van der Waals surface area contributed by atoms with Crippen LogP contribution in [0.25, 0.3) is 0 Å². The van der Waals surface area contributed by atoms with Crippen LogP contribution in [0.5, 0.6) is 0 Å². The zero-order valence-corrected chi connectivity index (χ0v) is 13.5. The number of carbonyl (C=O) groups excluding carboxylic acids is 1. The number of hydrogen-bond donors (Lipinski definition) is 2. The maximum absolute atomic E-state index is 12.1. The number of hydrogen-bond acceptors (Lipinski definition) is 4. The number of nitrogens with zero attached hydrogens (tertiary/aromatic N) is 1. The van der Waals surface area contributed by atoms with E-state index in [0.29, 0.717) is 12.8 Å². The average molecular weight is 320 g/mol. The lowest BCUT2D eigenvalue weighted by Crippen LogP contribution is -2.50. The normalized spacial score (nSPS) is 22.1. The largest absolute Gasteiger partial charge is 0.481 e. The minimum Gasteiger partial charge on any atom is -0.481 e. The van der Waals surface area contributed by atoms with Gasteiger partial charge in [-0.1, -0.05) is 30.3 Å². The first-order valence-corrected chi connectivity index (χ1v) is 7.88. The van der Waals surface area contributed by atoms with Crippen LogP contribution in [0.4, 0.5) is 4.79 Å². The second-order valence-corrected chi connectivity index (χ2v) is 6.19. The van der Waals surface area contributed by atoms with Crippen molar-refractivity contribution >= 4 is 12.1 Å². The first kappa shape index (κ1) is 17.3. The molecular weight excluding hydrogens is 296 g/mol. The van der Waals surface area contributed by atoms with Gasteiger partial charge in [0.05, 0.1) is 12.0 Å². The number of likely N-dealkylation sites (tertiary alicyclic amines) is 1. The molecule has 126 valence electrons. The van der Waals surface area contributed by atoms with Crippen molar-refractivity contribution in [3.63, 3.8) is 0 Å². The molecule has 1 fully saturated rings. The van der Waals surface area contributed by atoms with Crippen LogP contribution in [0.1, 0.15) is 31.2 Å². The van der Waals surface area contributed by atoms with Crippen molar-refractivity contribution in [1.29, 1.82) is 0 Å². The minimum atomic E-state index is -0.905. The molecule has 1 atom stereocenters. The lowest BCUT2D eigenvalue weighted by molar-refractivity contribution is -0.138. The Bertz CT molecular complexity index is 535. The van der Waals surface area contributed by atoms with E-state index in [-0.39, 0.29) is 13.0 Å². The van der Waals surface area contributed by atoms with E-state index in [1.165, 1.54) is 0 Å². The molecule has 1 amide bonds. The molecule has 2 N–H and O–H groups in total. The minimum absolute atomic E-state index is 0.0821. The third-order valence-electron chi connectivity index (χ3n) is 4.24. The van der Waals surface area contributed by atoms with Gasteiger partial charge in [-0.15, -0.1) is 0 Å². The first-order valence-electron chi connectivity index (χ1n) is 7.88. The summed E-state index contributed by atoms with van der Waals surface area (Å²) in [5, 5.41) is 12.0. The maximum Gasteiger partial charge on any atom is 0.407 e. The number of benzene rings is 1. The first-order chi connectivity index (χ1) is 11.0. The summed E-state index contributed by atoms with van der Waals surface area (Å²) in [6.45, 7) is 1.84. The van der Waals surface area contributed by atoms with Crippen molar-refractivity contribution in [3.05, 3.63) is 35.9 Å². The molecule has 0 bridgehead atoms. The Labute approximate surface area is 136 Å². The van der Waals surface area contributed by atoms with Crippen molar-refractivity contribution in [2.75, 3.05) is 20.1 Å². The van der Waals surface area contributed by atoms with Gasteiger partial charge in [0, 0.05) is 6.54 Å². The summed E-state index contributed by atoms with van der Waals surface area (Å²) in [7, 11) is 2.00. The fourth-order valence-electron chi connectivity index (χ4n) is 2.94. The van der Waals surface area contributed by atoms with Gasteiger partial charge in [0.2, 0.25) is 0 Å². The molecule has 1 aliphatic heterocycles. The summed E-state index contributed by atoms with van der Waals surface area (Å²) in [4.78, 5) is 25.5. The molecule has 1 saturated heterocycles. The number of ether oxygens (including phenoxy) is 1. The molecule has 1 heterocycles. The molecule has 0 saturated carbocycles. The lowest BCUT2D eigenvalue weighted by atomic mass is 9.87. The van der Waals surface area contributed by atoms with Crippen LogP contribution in [-0.4, -0.2) is 47.7 Å². The van der Waals surface area contributed by atoms with Crippen LogP contribution < -0.4 is 5.32 Å². The van der Waals surface area contributed by atoms with Crippen molar-refractivity contribution in [3.8, 4) is 0 Å². The fraction of sp³-hybridized carbons (Fsp3) is 0.529. The maximum atomic E-state index is 12.1. The number of carboxylic acid groups (broad SMARTS) is 1. The predicted molar refractivity (Wildman–Crippen MR) is 86.1 cm³/mol. The smallest absolute Gasteiger partial charge is 0.407 e. The molecule has 1 aromatic carbocycles. The third-order valence-corrected chi connectivity index (χ3v) is 4.24. The van der Waals surface area contributed by atoms with Crippen LogP contribution >= 0.6 is 0 Å². The molecule has 0 aliphatic carbocycles. The van der Waals surface area contributed by atoms with E-state index in [2.05, 4.69) is 10.2 Å². The summed E-state index contributed by atoms with van der Waals surface area (Å²) in [6.07, 6.45) is 1.46. The second kappa shape index (κ2) is 7.97. The van der Waals surface area contributed by atoms with Crippen LogP contribution in [0, 0.1) is 0 Å². The Hall–Kier alpha value is -2.08. The van der Waals surface area contributed by atoms with Gasteiger partial charge >= 0.3 is 12.1 Å². The van der Waals surface area contributed by atoms with Crippen molar-refractivity contribution in [2.24, 2.45) is 0 Å². The molecule has 1 aromatic rings. The van der Waals surface area contributed by atoms with Crippen molar-refractivity contribution in [1.82, 2.24) is 10.2 Å². The molecular formula is C17H24N2O4. The summed E-state index contributed by atoms with van der Waals surface area (Å²) < 4.78 is 5.25. The van der Waals surface area contributed by atoms with E-state index in [1.54, 1.807) is 0 Å². The van der Waals surface area contributed by atoms with Gasteiger partial charge in [0.15, 0.2) is 0 Å². The molecule has 2 rings (SSSR count). The van der Waals surface area contributed by atoms with Crippen LogP contribution in [0.2, 0.25) is 0 Å². The monoisotopic (exact) mass is 320 g/mol. The molecule has 0 aromatic heterocycles. The van der Waals surface area contributed by atoms with Crippen LogP contribution in [-0.2, 0) is 16.1 Å². The number of rotatable bonds is 5. The van der Waals surface area contributed by atoms with Gasteiger partial charge in [-0.05, 0) is 38.4 Å². The van der Waals surface area contributed by atoms with E-state index < -0.39 is 17.6 Å². The molecule has 0 radical (unpaired) electrons. The Morgan fingerprint density at radius 2 is 2.00 bits per heavy atom. The fourth-order valence-corrected chi connectivity index (χ4v) is 2.94. The van der Waals surface area contributed by atoms with Gasteiger partial charge in [-0.3, -0.25) is 4.79 Å². The molecule has 0 spiro atoms. The van der Waals surface area contributed by atoms with Crippen LogP contribution in [0.15, 0.2) is 30.3 Å². The van der Waals surface area contributed by atoms with E-state index in [9.17, 15) is 14.7 Å². The van der Waals surface area contributed by atoms with Gasteiger partial charge in [0.1, 0.15) is 6.61 Å². The summed E-state index contributed by atoms with van der Waals surface area (Å²) >= 11 is 0. The van der Waals surface area contributed by atoms with Crippen molar-refractivity contribution in [2.45, 2.75) is 37.8 Å². The number of alkyl carbamates (subject to hydrolysis) is 1. The highest BCUT2D eigenvalue weighted by molar-refractivity contribution is 5.72. The summed E-state index contributed by atoms with van der Waals surface area (Å²) in [5.74, 6) is -0.905. The summed E-state index contributed by atoms with van der Waals surface area (Å²) in [6, 6.07) is 9.41. The van der Waals surface area contributed by atoms with Crippen LogP contribution in [0.3, 0.4) is 0 Å². The quantitative estimate of drug-likeness (QED) is 0.870. The predicted octanol–water partition coefficient (Wildman–Crippen LogP) is 2.24. The number of carbonyl (C=O) groups is 2. The number of nitrogens with one attached hydrogen (secondary N) is 1. The van der Waals surface area contributed by atoms with Gasteiger partial charge in [0.25, 0.3) is 0 Å². The molecule has 1 aliphatic rings. The number of amides is 1. The highest BCUT2D eigenvalue weighted by Crippen LogP contribution is 2.26. The second-order valence-electron chi connectivity index (χ2n) is 6.19. The van der Waals surface area contributed by atoms with Crippen molar-refractivity contribution < 1.29 is 19.4 Å². The number of aliphatic carboxylic acids is 1. The van der Waals surface area contributed by atoms with Gasteiger partial charge in [-0.2, -0.15) is 0 Å². The van der Waals surface area contributed by atoms with E-state index in [1.807, 2.05) is 37.4 Å². The average Bonchev–Trinajstić information content (AvgIpc) is 2.68. The Kier molecular flexibility index (Phi) is 5.98. The van der Waals surface area contributed by atoms with Gasteiger partial charge in [-0.25, -0.2) is 4.79 Å². The van der Waals surface area contributed by atoms with E-state index in [4.69, 9.17) is 4.74 Å². The molecule has 6 heteroatoms. The highest BCUT2D eigenvalue weighted by Gasteiger charge is 2.36. The SMILES string of the molecule is CN1CCCC(CC(=O)O)(NC(=O)OCc2ccccc2)CC1. The molecule has 23 heavy (non-hydrogen) atoms. The van der Waals surface area contributed by atoms with E-state index in [0.717, 1.165) is 25.1 Å². The lowest BCUT2D eigenvalue weighted by Gasteiger charge is -2.32. The Balaban J connectivity index is 1.96. The highest BCUT2D eigenvalue weighted by atomic mass is 16.5. The number of carboxylic acids is 1. The molecule has 6 nitrogen and oxygen atoms in total.